The molecule has 1 heteroatoms. The number of para-hydroxylation sites is 1. The lowest BCUT2D eigenvalue weighted by atomic mass is 10.1. The first-order valence-corrected chi connectivity index (χ1v) is 6.27. The van der Waals surface area contributed by atoms with Gasteiger partial charge in [-0.25, -0.2) is 0 Å². The normalized spacial score (nSPS) is 10.2. The van der Waals surface area contributed by atoms with Gasteiger partial charge in [0.25, 0.3) is 0 Å². The summed E-state index contributed by atoms with van der Waals surface area (Å²) in [6.45, 7) is 4.36. The van der Waals surface area contributed by atoms with E-state index in [0.717, 1.165) is 18.5 Å². The van der Waals surface area contributed by atoms with Crippen molar-refractivity contribution >= 4 is 11.4 Å². The Hall–Kier alpha value is -1.76. The summed E-state index contributed by atoms with van der Waals surface area (Å²) in [4.78, 5) is 0. The number of benzene rings is 2. The van der Waals surface area contributed by atoms with E-state index >= 15 is 0 Å². The summed E-state index contributed by atoms with van der Waals surface area (Å²) in [5, 5.41) is 3.47. The molecule has 17 heavy (non-hydrogen) atoms. The predicted molar refractivity (Wildman–Crippen MR) is 74.9 cm³/mol. The molecule has 1 nitrogen and oxygen atoms in total. The molecule has 1 N–H and O–H groups in total. The molecule has 0 unspecified atom stereocenters. The molecule has 0 aliphatic carbocycles. The number of rotatable bonds is 4. The molecule has 0 aromatic heterocycles. The van der Waals surface area contributed by atoms with E-state index in [2.05, 4.69) is 67.7 Å². The van der Waals surface area contributed by atoms with Crippen molar-refractivity contribution in [3.63, 3.8) is 0 Å². The zero-order valence-electron chi connectivity index (χ0n) is 10.5. The molecule has 2 aromatic carbocycles. The quantitative estimate of drug-likeness (QED) is 0.804. The van der Waals surface area contributed by atoms with E-state index in [0.29, 0.717) is 0 Å². The van der Waals surface area contributed by atoms with Crippen molar-refractivity contribution in [2.45, 2.75) is 26.7 Å². The van der Waals surface area contributed by atoms with Crippen LogP contribution in [0.1, 0.15) is 25.0 Å². The molecule has 0 saturated carbocycles. The van der Waals surface area contributed by atoms with Gasteiger partial charge in [-0.2, -0.15) is 0 Å². The van der Waals surface area contributed by atoms with E-state index in [-0.39, 0.29) is 0 Å². The van der Waals surface area contributed by atoms with Gasteiger partial charge >= 0.3 is 0 Å². The van der Waals surface area contributed by atoms with E-state index in [4.69, 9.17) is 0 Å². The van der Waals surface area contributed by atoms with Crippen LogP contribution in [0, 0.1) is 0 Å². The van der Waals surface area contributed by atoms with Crippen molar-refractivity contribution < 1.29 is 0 Å². The SMILES string of the molecule is CCc1ccc(Nc2ccccc2CC)cc1. The Morgan fingerprint density at radius 2 is 1.53 bits per heavy atom. The number of anilines is 2. The summed E-state index contributed by atoms with van der Waals surface area (Å²) in [5.74, 6) is 0. The highest BCUT2D eigenvalue weighted by Gasteiger charge is 1.99. The Morgan fingerprint density at radius 1 is 0.824 bits per heavy atom. The summed E-state index contributed by atoms with van der Waals surface area (Å²) < 4.78 is 0. The first-order chi connectivity index (χ1) is 8.33. The van der Waals surface area contributed by atoms with Gasteiger partial charge in [0.2, 0.25) is 0 Å². The molecular weight excluding hydrogens is 206 g/mol. The predicted octanol–water partition coefficient (Wildman–Crippen LogP) is 4.56. The van der Waals surface area contributed by atoms with E-state index in [1.807, 2.05) is 0 Å². The molecule has 0 bridgehead atoms. The molecule has 0 amide bonds. The van der Waals surface area contributed by atoms with E-state index in [9.17, 15) is 0 Å². The third kappa shape index (κ3) is 2.88. The number of hydrogen-bond acceptors (Lipinski definition) is 1. The average molecular weight is 225 g/mol. The van der Waals surface area contributed by atoms with Gasteiger partial charge in [0.15, 0.2) is 0 Å². The topological polar surface area (TPSA) is 12.0 Å². The molecule has 0 heterocycles. The molecule has 0 spiro atoms. The summed E-state index contributed by atoms with van der Waals surface area (Å²) in [7, 11) is 0. The molecule has 0 aliphatic rings. The second-order valence-electron chi connectivity index (χ2n) is 4.19. The summed E-state index contributed by atoms with van der Waals surface area (Å²) in [6, 6.07) is 17.1. The number of hydrogen-bond donors (Lipinski definition) is 1. The monoisotopic (exact) mass is 225 g/mol. The molecule has 0 fully saturated rings. The fraction of sp³-hybridized carbons (Fsp3) is 0.250. The van der Waals surface area contributed by atoms with Crippen LogP contribution in [0.25, 0.3) is 0 Å². The van der Waals surface area contributed by atoms with Crippen molar-refractivity contribution in [1.29, 1.82) is 0 Å². The van der Waals surface area contributed by atoms with Crippen LogP contribution < -0.4 is 5.32 Å². The smallest absolute Gasteiger partial charge is 0.0416 e. The van der Waals surface area contributed by atoms with Gasteiger partial charge in [0.1, 0.15) is 0 Å². The van der Waals surface area contributed by atoms with Gasteiger partial charge in [-0.15, -0.1) is 0 Å². The Labute approximate surface area is 103 Å². The minimum absolute atomic E-state index is 1.05. The van der Waals surface area contributed by atoms with E-state index in [1.165, 1.54) is 16.8 Å². The summed E-state index contributed by atoms with van der Waals surface area (Å²) >= 11 is 0. The fourth-order valence-electron chi connectivity index (χ4n) is 1.93. The van der Waals surface area contributed by atoms with Crippen molar-refractivity contribution in [2.24, 2.45) is 0 Å². The van der Waals surface area contributed by atoms with Gasteiger partial charge in [-0.05, 0) is 42.2 Å². The van der Waals surface area contributed by atoms with Gasteiger partial charge in [-0.3, -0.25) is 0 Å². The highest BCUT2D eigenvalue weighted by molar-refractivity contribution is 5.63. The van der Waals surface area contributed by atoms with Gasteiger partial charge in [0.05, 0.1) is 0 Å². The number of nitrogens with one attached hydrogen (secondary N) is 1. The number of aryl methyl sites for hydroxylation is 2. The standard InChI is InChI=1S/C16H19N/c1-3-13-9-11-15(12-10-13)17-16-8-6-5-7-14(16)4-2/h5-12,17H,3-4H2,1-2H3. The van der Waals surface area contributed by atoms with Crippen LogP contribution in [0.2, 0.25) is 0 Å². The average Bonchev–Trinajstić information content (AvgIpc) is 2.40. The van der Waals surface area contributed by atoms with Crippen LogP contribution in [0.3, 0.4) is 0 Å². The van der Waals surface area contributed by atoms with Gasteiger partial charge in [-0.1, -0.05) is 44.2 Å². The highest BCUT2D eigenvalue weighted by atomic mass is 14.9. The lowest BCUT2D eigenvalue weighted by molar-refractivity contribution is 1.13. The third-order valence-corrected chi connectivity index (χ3v) is 3.04. The van der Waals surface area contributed by atoms with E-state index in [1.54, 1.807) is 0 Å². The maximum Gasteiger partial charge on any atom is 0.0416 e. The zero-order chi connectivity index (χ0) is 12.1. The van der Waals surface area contributed by atoms with E-state index < -0.39 is 0 Å². The van der Waals surface area contributed by atoms with Crippen LogP contribution >= 0.6 is 0 Å². The summed E-state index contributed by atoms with van der Waals surface area (Å²) in [6.07, 6.45) is 2.14. The Balaban J connectivity index is 2.19. The molecule has 0 aliphatic heterocycles. The largest absolute Gasteiger partial charge is 0.355 e. The lowest BCUT2D eigenvalue weighted by Crippen LogP contribution is -1.95. The molecule has 88 valence electrons. The van der Waals surface area contributed by atoms with Crippen molar-refractivity contribution in [3.8, 4) is 0 Å². The van der Waals surface area contributed by atoms with Crippen LogP contribution in [0.15, 0.2) is 48.5 Å². The van der Waals surface area contributed by atoms with Gasteiger partial charge < -0.3 is 5.32 Å². The summed E-state index contributed by atoms with van der Waals surface area (Å²) in [5.41, 5.74) is 5.09. The first-order valence-electron chi connectivity index (χ1n) is 6.27. The lowest BCUT2D eigenvalue weighted by Gasteiger charge is -2.11. The Bertz CT molecular complexity index is 471. The second-order valence-corrected chi connectivity index (χ2v) is 4.19. The highest BCUT2D eigenvalue weighted by Crippen LogP contribution is 2.21. The minimum Gasteiger partial charge on any atom is -0.355 e. The molecule has 2 aromatic rings. The maximum absolute atomic E-state index is 3.47. The van der Waals surface area contributed by atoms with Gasteiger partial charge in [0, 0.05) is 11.4 Å². The van der Waals surface area contributed by atoms with Crippen LogP contribution in [0.5, 0.6) is 0 Å². The molecule has 0 saturated heterocycles. The fourth-order valence-corrected chi connectivity index (χ4v) is 1.93. The van der Waals surface area contributed by atoms with Crippen LogP contribution in [0.4, 0.5) is 11.4 Å². The van der Waals surface area contributed by atoms with Crippen molar-refractivity contribution in [1.82, 2.24) is 0 Å². The minimum atomic E-state index is 1.05. The van der Waals surface area contributed by atoms with Crippen molar-refractivity contribution in [2.75, 3.05) is 5.32 Å². The second kappa shape index (κ2) is 5.53. The zero-order valence-corrected chi connectivity index (χ0v) is 10.5. The van der Waals surface area contributed by atoms with Crippen LogP contribution in [-0.2, 0) is 12.8 Å². The third-order valence-electron chi connectivity index (χ3n) is 3.04. The van der Waals surface area contributed by atoms with Crippen molar-refractivity contribution in [3.05, 3.63) is 59.7 Å². The molecule has 2 rings (SSSR count). The molecular formula is C16H19N. The Morgan fingerprint density at radius 3 is 2.18 bits per heavy atom. The van der Waals surface area contributed by atoms with Crippen LogP contribution in [-0.4, -0.2) is 0 Å². The maximum atomic E-state index is 3.47. The molecule has 0 radical (unpaired) electrons. The Kier molecular flexibility index (Phi) is 3.81. The molecule has 0 atom stereocenters. The first kappa shape index (κ1) is 11.7.